The molecule has 0 atom stereocenters. The second-order valence-electron chi connectivity index (χ2n) is 7.56. The quantitative estimate of drug-likeness (QED) is 0.831. The highest BCUT2D eigenvalue weighted by Gasteiger charge is 2.26. The van der Waals surface area contributed by atoms with E-state index in [4.69, 9.17) is 4.74 Å². The molecular weight excluding hydrogens is 360 g/mol. The highest BCUT2D eigenvalue weighted by atomic mass is 16.5. The van der Waals surface area contributed by atoms with Gasteiger partial charge in [0.05, 0.1) is 12.2 Å². The summed E-state index contributed by atoms with van der Waals surface area (Å²) in [5.41, 5.74) is 1.07. The second-order valence-corrected chi connectivity index (χ2v) is 7.56. The Labute approximate surface area is 164 Å². The molecule has 0 aromatic heterocycles. The molecule has 1 aromatic rings. The SMILES string of the molecule is O=C1COc2ccc(C(=O)N3CCN(CC(=O)N4CCCCC4)CC3)cc2N1. The third-order valence-electron chi connectivity index (χ3n) is 5.59. The Balaban J connectivity index is 1.31. The molecule has 4 rings (SSSR count). The number of piperazine rings is 1. The fourth-order valence-electron chi connectivity index (χ4n) is 3.94. The number of hydrogen-bond donors (Lipinski definition) is 1. The van der Waals surface area contributed by atoms with Crippen LogP contribution in [0, 0.1) is 0 Å². The van der Waals surface area contributed by atoms with E-state index in [-0.39, 0.29) is 24.3 Å². The first kappa shape index (κ1) is 18.7. The monoisotopic (exact) mass is 386 g/mol. The van der Waals surface area contributed by atoms with Gasteiger partial charge in [0.25, 0.3) is 11.8 Å². The molecule has 3 aliphatic heterocycles. The van der Waals surface area contributed by atoms with Gasteiger partial charge in [-0.3, -0.25) is 19.3 Å². The van der Waals surface area contributed by atoms with E-state index in [1.165, 1.54) is 6.42 Å². The van der Waals surface area contributed by atoms with Crippen molar-refractivity contribution in [1.29, 1.82) is 0 Å². The smallest absolute Gasteiger partial charge is 0.262 e. The Kier molecular flexibility index (Phi) is 5.47. The molecular formula is C20H26N4O4. The van der Waals surface area contributed by atoms with Gasteiger partial charge in [-0.1, -0.05) is 0 Å². The maximum atomic E-state index is 12.8. The van der Waals surface area contributed by atoms with Crippen molar-refractivity contribution in [1.82, 2.24) is 14.7 Å². The van der Waals surface area contributed by atoms with Gasteiger partial charge in [-0.05, 0) is 37.5 Å². The third-order valence-corrected chi connectivity index (χ3v) is 5.59. The van der Waals surface area contributed by atoms with Crippen LogP contribution in [0.2, 0.25) is 0 Å². The molecule has 1 N–H and O–H groups in total. The minimum atomic E-state index is -0.218. The molecule has 8 nitrogen and oxygen atoms in total. The van der Waals surface area contributed by atoms with Crippen molar-refractivity contribution in [3.63, 3.8) is 0 Å². The lowest BCUT2D eigenvalue weighted by molar-refractivity contribution is -0.133. The summed E-state index contributed by atoms with van der Waals surface area (Å²) in [5.74, 6) is 0.496. The molecule has 150 valence electrons. The number of piperidine rings is 1. The lowest BCUT2D eigenvalue weighted by atomic mass is 10.1. The van der Waals surface area contributed by atoms with E-state index in [1.807, 2.05) is 4.90 Å². The molecule has 28 heavy (non-hydrogen) atoms. The topological polar surface area (TPSA) is 82.2 Å². The van der Waals surface area contributed by atoms with E-state index >= 15 is 0 Å². The lowest BCUT2D eigenvalue weighted by Crippen LogP contribution is -2.52. The summed E-state index contributed by atoms with van der Waals surface area (Å²) >= 11 is 0. The number of nitrogens with one attached hydrogen (secondary N) is 1. The zero-order chi connectivity index (χ0) is 19.5. The zero-order valence-electron chi connectivity index (χ0n) is 16.0. The maximum Gasteiger partial charge on any atom is 0.262 e. The maximum absolute atomic E-state index is 12.8. The Morgan fingerprint density at radius 3 is 2.46 bits per heavy atom. The number of rotatable bonds is 3. The van der Waals surface area contributed by atoms with Crippen molar-refractivity contribution >= 4 is 23.4 Å². The van der Waals surface area contributed by atoms with E-state index in [0.29, 0.717) is 49.7 Å². The highest BCUT2D eigenvalue weighted by molar-refractivity contribution is 5.99. The van der Waals surface area contributed by atoms with Crippen LogP contribution < -0.4 is 10.1 Å². The normalized spacial score (nSPS) is 20.2. The first-order valence-corrected chi connectivity index (χ1v) is 9.96. The van der Waals surface area contributed by atoms with Crippen LogP contribution in [0.5, 0.6) is 5.75 Å². The summed E-state index contributed by atoms with van der Waals surface area (Å²) in [6.45, 7) is 4.73. The molecule has 3 amide bonds. The van der Waals surface area contributed by atoms with Crippen LogP contribution in [-0.2, 0) is 9.59 Å². The fourth-order valence-corrected chi connectivity index (χ4v) is 3.94. The molecule has 0 saturated carbocycles. The number of anilines is 1. The minimum absolute atomic E-state index is 0.00159. The molecule has 0 aliphatic carbocycles. The van der Waals surface area contributed by atoms with E-state index < -0.39 is 0 Å². The first-order valence-electron chi connectivity index (χ1n) is 9.96. The van der Waals surface area contributed by atoms with Crippen molar-refractivity contribution in [2.24, 2.45) is 0 Å². The van der Waals surface area contributed by atoms with Crippen LogP contribution in [0.15, 0.2) is 18.2 Å². The Hall–Kier alpha value is -2.61. The highest BCUT2D eigenvalue weighted by Crippen LogP contribution is 2.29. The van der Waals surface area contributed by atoms with Gasteiger partial charge in [0.15, 0.2) is 6.61 Å². The third kappa shape index (κ3) is 4.11. The molecule has 0 bridgehead atoms. The van der Waals surface area contributed by atoms with Crippen LogP contribution in [0.3, 0.4) is 0 Å². The van der Waals surface area contributed by atoms with Gasteiger partial charge in [0.2, 0.25) is 5.91 Å². The molecule has 0 spiro atoms. The Bertz CT molecular complexity index is 767. The van der Waals surface area contributed by atoms with Crippen LogP contribution in [-0.4, -0.2) is 84.8 Å². The number of benzene rings is 1. The summed E-state index contributed by atoms with van der Waals surface area (Å²) in [6, 6.07) is 5.11. The van der Waals surface area contributed by atoms with Crippen molar-refractivity contribution in [3.8, 4) is 5.75 Å². The zero-order valence-corrected chi connectivity index (χ0v) is 16.0. The average Bonchev–Trinajstić information content (AvgIpc) is 2.74. The van der Waals surface area contributed by atoms with Gasteiger partial charge in [0, 0.05) is 44.8 Å². The molecule has 3 aliphatic rings. The number of hydrogen-bond acceptors (Lipinski definition) is 5. The van der Waals surface area contributed by atoms with E-state index in [9.17, 15) is 14.4 Å². The predicted octanol–water partition coefficient (Wildman–Crippen LogP) is 0.788. The fraction of sp³-hybridized carbons (Fsp3) is 0.550. The number of amides is 3. The summed E-state index contributed by atoms with van der Waals surface area (Å²) < 4.78 is 5.34. The lowest BCUT2D eigenvalue weighted by Gasteiger charge is -2.36. The van der Waals surface area contributed by atoms with Crippen molar-refractivity contribution in [3.05, 3.63) is 23.8 Å². The number of likely N-dealkylation sites (tertiary alicyclic amines) is 1. The number of ether oxygens (including phenoxy) is 1. The summed E-state index contributed by atoms with van der Waals surface area (Å²) in [4.78, 5) is 42.6. The van der Waals surface area contributed by atoms with Gasteiger partial charge < -0.3 is 19.9 Å². The van der Waals surface area contributed by atoms with Gasteiger partial charge in [-0.2, -0.15) is 0 Å². The largest absolute Gasteiger partial charge is 0.482 e. The van der Waals surface area contributed by atoms with Crippen molar-refractivity contribution < 1.29 is 19.1 Å². The van der Waals surface area contributed by atoms with Crippen molar-refractivity contribution in [2.75, 3.05) is 57.7 Å². The molecule has 8 heteroatoms. The van der Waals surface area contributed by atoms with E-state index in [2.05, 4.69) is 10.2 Å². The van der Waals surface area contributed by atoms with Crippen LogP contribution in [0.4, 0.5) is 5.69 Å². The molecule has 3 heterocycles. The standard InChI is InChI=1S/C20H26N4O4/c25-18-14-28-17-5-4-15(12-16(17)21-18)20(27)24-10-8-22(9-11-24)13-19(26)23-6-2-1-3-7-23/h4-5,12H,1-3,6-11,13-14H2,(H,21,25). The molecule has 0 unspecified atom stereocenters. The van der Waals surface area contributed by atoms with Gasteiger partial charge >= 0.3 is 0 Å². The molecule has 2 saturated heterocycles. The van der Waals surface area contributed by atoms with Gasteiger partial charge in [0.1, 0.15) is 5.75 Å². The predicted molar refractivity (Wildman–Crippen MR) is 103 cm³/mol. The first-order chi connectivity index (χ1) is 13.6. The average molecular weight is 386 g/mol. The van der Waals surface area contributed by atoms with Crippen LogP contribution in [0.1, 0.15) is 29.6 Å². The number of nitrogens with zero attached hydrogens (tertiary/aromatic N) is 3. The summed E-state index contributed by atoms with van der Waals surface area (Å²) in [5, 5.41) is 2.73. The molecule has 1 aromatic carbocycles. The number of carbonyl (C=O) groups excluding carboxylic acids is 3. The van der Waals surface area contributed by atoms with Gasteiger partial charge in [-0.15, -0.1) is 0 Å². The minimum Gasteiger partial charge on any atom is -0.482 e. The van der Waals surface area contributed by atoms with E-state index in [1.54, 1.807) is 23.1 Å². The summed E-state index contributed by atoms with van der Waals surface area (Å²) in [7, 11) is 0. The molecule has 2 fully saturated rings. The number of fused-ring (bicyclic) bond motifs is 1. The van der Waals surface area contributed by atoms with Gasteiger partial charge in [-0.25, -0.2) is 0 Å². The second kappa shape index (κ2) is 8.18. The van der Waals surface area contributed by atoms with Crippen LogP contribution >= 0.6 is 0 Å². The van der Waals surface area contributed by atoms with Crippen molar-refractivity contribution in [2.45, 2.75) is 19.3 Å². The molecule has 0 radical (unpaired) electrons. The Morgan fingerprint density at radius 1 is 0.964 bits per heavy atom. The Morgan fingerprint density at radius 2 is 1.71 bits per heavy atom. The van der Waals surface area contributed by atoms with Crippen LogP contribution in [0.25, 0.3) is 0 Å². The number of carbonyl (C=O) groups is 3. The summed E-state index contributed by atoms with van der Waals surface area (Å²) in [6.07, 6.45) is 3.41. The van der Waals surface area contributed by atoms with E-state index in [0.717, 1.165) is 25.9 Å².